The fourth-order valence-electron chi connectivity index (χ4n) is 2.85. The van der Waals surface area contributed by atoms with Gasteiger partial charge in [-0.15, -0.1) is 0 Å². The van der Waals surface area contributed by atoms with E-state index in [1.807, 2.05) is 23.7 Å². The highest BCUT2D eigenvalue weighted by Gasteiger charge is 2.27. The van der Waals surface area contributed by atoms with Crippen LogP contribution in [0, 0.1) is 5.82 Å². The number of carbonyl (C=O) groups excluding carboxylic acids is 1. The normalized spacial score (nSPS) is 22.1. The average molecular weight is 309 g/mol. The van der Waals surface area contributed by atoms with E-state index in [-0.39, 0.29) is 17.8 Å². The number of likely N-dealkylation sites (N-methyl/N-ethyl adjacent to an activating group) is 1. The summed E-state index contributed by atoms with van der Waals surface area (Å²) in [6.45, 7) is 2.36. The number of thioether (sulfide) groups is 1. The fourth-order valence-corrected chi connectivity index (χ4v) is 3.80. The topological polar surface area (TPSA) is 35.6 Å². The van der Waals surface area contributed by atoms with Gasteiger partial charge in [-0.05, 0) is 18.2 Å². The van der Waals surface area contributed by atoms with Crippen LogP contribution in [0.15, 0.2) is 18.2 Å². The molecule has 114 valence electrons. The molecule has 2 aliphatic rings. The molecular weight excluding hydrogens is 289 g/mol. The highest BCUT2D eigenvalue weighted by atomic mass is 32.2. The molecule has 1 N–H and O–H groups in total. The average Bonchev–Trinajstić information content (AvgIpc) is 2.49. The van der Waals surface area contributed by atoms with Crippen molar-refractivity contribution in [1.29, 1.82) is 0 Å². The van der Waals surface area contributed by atoms with Gasteiger partial charge >= 0.3 is 0 Å². The monoisotopic (exact) mass is 309 g/mol. The van der Waals surface area contributed by atoms with Crippen LogP contribution in [0.25, 0.3) is 0 Å². The van der Waals surface area contributed by atoms with Crippen molar-refractivity contribution in [2.45, 2.75) is 12.5 Å². The van der Waals surface area contributed by atoms with Gasteiger partial charge in [-0.25, -0.2) is 4.39 Å². The molecule has 4 nitrogen and oxygen atoms in total. The first-order valence-electron chi connectivity index (χ1n) is 7.27. The maximum Gasteiger partial charge on any atom is 0.228 e. The summed E-state index contributed by atoms with van der Waals surface area (Å²) in [4.78, 5) is 16.4. The molecule has 2 aliphatic heterocycles. The van der Waals surface area contributed by atoms with Crippen molar-refractivity contribution < 1.29 is 9.18 Å². The van der Waals surface area contributed by atoms with E-state index in [1.165, 1.54) is 12.1 Å². The second-order valence-corrected chi connectivity index (χ2v) is 6.68. The van der Waals surface area contributed by atoms with Crippen LogP contribution in [0.4, 0.5) is 15.8 Å². The molecule has 6 heteroatoms. The molecule has 3 rings (SSSR count). The zero-order valence-electron chi connectivity index (χ0n) is 12.1. The number of fused-ring (bicyclic) bond motifs is 1. The van der Waals surface area contributed by atoms with Gasteiger partial charge in [0.25, 0.3) is 0 Å². The summed E-state index contributed by atoms with van der Waals surface area (Å²) in [5.74, 6) is 1.95. The third-order valence-corrected chi connectivity index (χ3v) is 5.15. The number of halogens is 1. The van der Waals surface area contributed by atoms with Crippen molar-refractivity contribution in [2.24, 2.45) is 0 Å². The van der Waals surface area contributed by atoms with Crippen molar-refractivity contribution in [3.8, 4) is 0 Å². The van der Waals surface area contributed by atoms with Gasteiger partial charge in [0.1, 0.15) is 5.82 Å². The lowest BCUT2D eigenvalue weighted by Gasteiger charge is -2.36. The lowest BCUT2D eigenvalue weighted by atomic mass is 10.1. The minimum atomic E-state index is -0.264. The summed E-state index contributed by atoms with van der Waals surface area (Å²) in [7, 11) is 1.93. The molecule has 0 aliphatic carbocycles. The maximum atomic E-state index is 13.4. The molecule has 1 fully saturated rings. The number of carbonyl (C=O) groups is 1. The first-order chi connectivity index (χ1) is 10.1. The molecule has 0 spiro atoms. The number of anilines is 2. The number of rotatable bonds is 2. The summed E-state index contributed by atoms with van der Waals surface area (Å²) < 4.78 is 13.4. The van der Waals surface area contributed by atoms with E-state index >= 15 is 0 Å². The summed E-state index contributed by atoms with van der Waals surface area (Å²) in [6, 6.07) is 4.89. The van der Waals surface area contributed by atoms with Gasteiger partial charge in [-0.3, -0.25) is 4.79 Å². The molecule has 1 aromatic carbocycles. The van der Waals surface area contributed by atoms with Crippen LogP contribution in [0.1, 0.15) is 6.42 Å². The van der Waals surface area contributed by atoms with Crippen LogP contribution in [-0.4, -0.2) is 50.1 Å². The molecule has 21 heavy (non-hydrogen) atoms. The number of benzene rings is 1. The lowest BCUT2D eigenvalue weighted by molar-refractivity contribution is -0.119. The fraction of sp³-hybridized carbons (Fsp3) is 0.533. The van der Waals surface area contributed by atoms with E-state index < -0.39 is 0 Å². The largest absolute Gasteiger partial charge is 0.371 e. The number of hydrogen-bond donors (Lipinski definition) is 1. The Morgan fingerprint density at radius 1 is 1.43 bits per heavy atom. The number of nitrogens with one attached hydrogen (secondary N) is 1. The van der Waals surface area contributed by atoms with E-state index in [2.05, 4.69) is 5.32 Å². The number of amides is 1. The predicted molar refractivity (Wildman–Crippen MR) is 85.8 cm³/mol. The molecule has 2 heterocycles. The van der Waals surface area contributed by atoms with E-state index in [0.717, 1.165) is 36.0 Å². The molecule has 0 bridgehead atoms. The molecular formula is C15H20FN3OS. The summed E-state index contributed by atoms with van der Waals surface area (Å²) in [6.07, 6.45) is 0.507. The van der Waals surface area contributed by atoms with Crippen LogP contribution in [0.5, 0.6) is 0 Å². The van der Waals surface area contributed by atoms with E-state index in [0.29, 0.717) is 13.0 Å². The highest BCUT2D eigenvalue weighted by molar-refractivity contribution is 7.99. The van der Waals surface area contributed by atoms with Gasteiger partial charge in [-0.2, -0.15) is 11.8 Å². The maximum absolute atomic E-state index is 13.4. The second-order valence-electron chi connectivity index (χ2n) is 5.53. The number of hydrogen-bond acceptors (Lipinski definition) is 4. The predicted octanol–water partition coefficient (Wildman–Crippen LogP) is 1.70. The Morgan fingerprint density at radius 2 is 2.29 bits per heavy atom. The van der Waals surface area contributed by atoms with Crippen molar-refractivity contribution in [2.75, 3.05) is 48.0 Å². The van der Waals surface area contributed by atoms with E-state index in [1.54, 1.807) is 11.0 Å². The Hall–Kier alpha value is -1.27. The lowest BCUT2D eigenvalue weighted by Crippen LogP contribution is -2.46. The third kappa shape index (κ3) is 3.16. The first kappa shape index (κ1) is 14.7. The Balaban J connectivity index is 1.76. The minimum absolute atomic E-state index is 0.121. The molecule has 0 aromatic heterocycles. The smallest absolute Gasteiger partial charge is 0.228 e. The van der Waals surface area contributed by atoms with Crippen molar-refractivity contribution in [3.63, 3.8) is 0 Å². The van der Waals surface area contributed by atoms with Crippen molar-refractivity contribution >= 4 is 29.0 Å². The van der Waals surface area contributed by atoms with Crippen molar-refractivity contribution in [3.05, 3.63) is 24.0 Å². The minimum Gasteiger partial charge on any atom is -0.371 e. The molecule has 1 amide bonds. The zero-order chi connectivity index (χ0) is 14.8. The summed E-state index contributed by atoms with van der Waals surface area (Å²) in [5, 5.41) is 3.39. The third-order valence-electron chi connectivity index (χ3n) is 4.02. The van der Waals surface area contributed by atoms with E-state index in [4.69, 9.17) is 0 Å². The van der Waals surface area contributed by atoms with Crippen LogP contribution in [-0.2, 0) is 4.79 Å². The van der Waals surface area contributed by atoms with Crippen molar-refractivity contribution in [1.82, 2.24) is 5.32 Å². The molecule has 0 saturated carbocycles. The Labute approximate surface area is 128 Å². The zero-order valence-corrected chi connectivity index (χ0v) is 13.0. The molecule has 1 aromatic rings. The van der Waals surface area contributed by atoms with Gasteiger partial charge in [0.2, 0.25) is 5.91 Å². The van der Waals surface area contributed by atoms with Crippen LogP contribution in [0.3, 0.4) is 0 Å². The Bertz CT molecular complexity index is 534. The van der Waals surface area contributed by atoms with Gasteiger partial charge in [0.15, 0.2) is 0 Å². The standard InChI is InChI=1S/C15H20FN3OS/c1-18-5-6-19(13-3-2-11(16)8-14(13)18)15(20)9-12-10-21-7-4-17-12/h2-3,8,12,17H,4-7,9-10H2,1H3. The molecule has 0 radical (unpaired) electrons. The molecule has 1 saturated heterocycles. The van der Waals surface area contributed by atoms with Crippen LogP contribution in [0.2, 0.25) is 0 Å². The quantitative estimate of drug-likeness (QED) is 0.902. The van der Waals surface area contributed by atoms with E-state index in [9.17, 15) is 9.18 Å². The second kappa shape index (κ2) is 6.23. The van der Waals surface area contributed by atoms with Gasteiger partial charge in [0, 0.05) is 50.7 Å². The first-order valence-corrected chi connectivity index (χ1v) is 8.43. The SMILES string of the molecule is CN1CCN(C(=O)CC2CSCCN2)c2ccc(F)cc21. The Morgan fingerprint density at radius 3 is 3.05 bits per heavy atom. The number of nitrogens with zero attached hydrogens (tertiary/aromatic N) is 2. The molecule has 1 atom stereocenters. The summed E-state index contributed by atoms with van der Waals surface area (Å²) in [5.41, 5.74) is 1.61. The highest BCUT2D eigenvalue weighted by Crippen LogP contribution is 2.33. The van der Waals surface area contributed by atoms with Gasteiger partial charge < -0.3 is 15.1 Å². The summed E-state index contributed by atoms with van der Waals surface area (Å²) >= 11 is 1.89. The molecule has 1 unspecified atom stereocenters. The van der Waals surface area contributed by atoms with Crippen LogP contribution < -0.4 is 15.1 Å². The van der Waals surface area contributed by atoms with Gasteiger partial charge in [-0.1, -0.05) is 0 Å². The Kier molecular flexibility index (Phi) is 4.35. The van der Waals surface area contributed by atoms with Crippen LogP contribution >= 0.6 is 11.8 Å². The van der Waals surface area contributed by atoms with Gasteiger partial charge in [0.05, 0.1) is 11.4 Å².